The van der Waals surface area contributed by atoms with Crippen molar-refractivity contribution >= 4 is 63.8 Å². The van der Waals surface area contributed by atoms with Crippen molar-refractivity contribution in [1.29, 1.82) is 0 Å². The summed E-state index contributed by atoms with van der Waals surface area (Å²) in [6.07, 6.45) is 0.734. The number of para-hydroxylation sites is 1. The van der Waals surface area contributed by atoms with Crippen LogP contribution in [0.1, 0.15) is 32.3 Å². The lowest BCUT2D eigenvalue weighted by molar-refractivity contribution is -0.134. The number of rotatable bonds is 12. The summed E-state index contributed by atoms with van der Waals surface area (Å²) in [6.45, 7) is 3.20. The highest BCUT2D eigenvalue weighted by Crippen LogP contribution is 2.33. The van der Waals surface area contributed by atoms with E-state index in [9.17, 15) is 14.4 Å². The Morgan fingerprint density at radius 3 is 1.98 bits per heavy atom. The number of ether oxygens (including phenoxy) is 2. The topological polar surface area (TPSA) is 221 Å². The summed E-state index contributed by atoms with van der Waals surface area (Å²) < 4.78 is 10.7. The van der Waals surface area contributed by atoms with Gasteiger partial charge in [0.2, 0.25) is 11.8 Å². The fourth-order valence-corrected chi connectivity index (χ4v) is 3.94. The number of azo groups is 2. The molecule has 0 unspecified atom stereocenters. The van der Waals surface area contributed by atoms with E-state index in [2.05, 4.69) is 41.1 Å². The molecule has 0 bridgehead atoms. The molecule has 2 aromatic carbocycles. The molecule has 15 nitrogen and oxygen atoms in total. The van der Waals surface area contributed by atoms with Gasteiger partial charge in [0.1, 0.15) is 40.1 Å². The second-order valence-corrected chi connectivity index (χ2v) is 9.71. The molecule has 0 aliphatic rings. The highest BCUT2D eigenvalue weighted by Gasteiger charge is 2.14. The number of methoxy groups -OCH3 is 1. The van der Waals surface area contributed by atoms with Crippen molar-refractivity contribution in [3.8, 4) is 11.5 Å². The first kappa shape index (κ1) is 32.7. The molecule has 2 amide bonds. The second-order valence-electron chi connectivity index (χ2n) is 9.71. The maximum absolute atomic E-state index is 12.9. The van der Waals surface area contributed by atoms with Gasteiger partial charge in [-0.3, -0.25) is 14.4 Å². The Morgan fingerprint density at radius 2 is 1.37 bits per heavy atom. The molecule has 0 atom stereocenters. The molecule has 4 aromatic rings. The standard InChI is InChI=1S/C31H32N10O5/c1-4-7-29(44)46-25-13-10-19(16-23(25)41-40-22-11-14-26(34-18(2)42)36-30(22)32)17-28(43)35-27-15-12-21(31(33)37-27)39-38-20-8-5-6-9-24(20)45-3/h5-6,8-16H,4,7,17H2,1-3H3,(H3,32,34,36,42)(H3,33,35,37,43). The van der Waals surface area contributed by atoms with Gasteiger partial charge in [0.25, 0.3) is 0 Å². The number of nitrogens with one attached hydrogen (secondary N) is 2. The van der Waals surface area contributed by atoms with E-state index in [-0.39, 0.29) is 59.1 Å². The van der Waals surface area contributed by atoms with E-state index < -0.39 is 11.9 Å². The van der Waals surface area contributed by atoms with Crippen LogP contribution in [-0.4, -0.2) is 34.9 Å². The van der Waals surface area contributed by atoms with Gasteiger partial charge in [-0.15, -0.1) is 20.5 Å². The number of nitrogens with two attached hydrogens (primary N) is 2. The second kappa shape index (κ2) is 15.5. The van der Waals surface area contributed by atoms with Crippen molar-refractivity contribution < 1.29 is 23.9 Å². The molecule has 0 saturated heterocycles. The third kappa shape index (κ3) is 9.12. The molecule has 2 aromatic heterocycles. The van der Waals surface area contributed by atoms with Gasteiger partial charge in [-0.2, -0.15) is 0 Å². The number of amides is 2. The van der Waals surface area contributed by atoms with Crippen molar-refractivity contribution in [2.75, 3.05) is 29.2 Å². The predicted octanol–water partition coefficient (Wildman–Crippen LogP) is 6.33. The number of nitrogens with zero attached hydrogens (tertiary/aromatic N) is 6. The van der Waals surface area contributed by atoms with Crippen LogP contribution in [0.4, 0.5) is 46.0 Å². The van der Waals surface area contributed by atoms with E-state index in [1.807, 2.05) is 13.0 Å². The molecule has 15 heteroatoms. The minimum atomic E-state index is -0.445. The molecular weight excluding hydrogens is 592 g/mol. The van der Waals surface area contributed by atoms with Crippen molar-refractivity contribution in [2.45, 2.75) is 33.1 Å². The number of pyridine rings is 2. The van der Waals surface area contributed by atoms with E-state index in [4.69, 9.17) is 20.9 Å². The number of nitrogen functional groups attached to an aromatic ring is 2. The van der Waals surface area contributed by atoms with E-state index in [0.29, 0.717) is 29.1 Å². The molecule has 6 N–H and O–H groups in total. The number of anilines is 4. The largest absolute Gasteiger partial charge is 0.494 e. The molecule has 236 valence electrons. The maximum atomic E-state index is 12.9. The smallest absolute Gasteiger partial charge is 0.311 e. The fraction of sp³-hybridized carbons (Fsp3) is 0.194. The number of aromatic nitrogens is 2. The monoisotopic (exact) mass is 624 g/mol. The van der Waals surface area contributed by atoms with Crippen LogP contribution < -0.4 is 31.6 Å². The first-order chi connectivity index (χ1) is 22.1. The average Bonchev–Trinajstić information content (AvgIpc) is 3.01. The lowest BCUT2D eigenvalue weighted by Gasteiger charge is -2.10. The number of benzene rings is 2. The molecule has 46 heavy (non-hydrogen) atoms. The van der Waals surface area contributed by atoms with Crippen LogP contribution in [0.2, 0.25) is 0 Å². The summed E-state index contributed by atoms with van der Waals surface area (Å²) in [5, 5.41) is 21.9. The minimum Gasteiger partial charge on any atom is -0.494 e. The van der Waals surface area contributed by atoms with Crippen LogP contribution in [0.5, 0.6) is 11.5 Å². The van der Waals surface area contributed by atoms with Gasteiger partial charge in [-0.05, 0) is 60.5 Å². The summed E-state index contributed by atoms with van der Waals surface area (Å²) in [6, 6.07) is 18.0. The van der Waals surface area contributed by atoms with E-state index in [0.717, 1.165) is 0 Å². The molecule has 0 saturated carbocycles. The highest BCUT2D eigenvalue weighted by atomic mass is 16.5. The van der Waals surface area contributed by atoms with Crippen molar-refractivity contribution in [2.24, 2.45) is 20.5 Å². The molecule has 0 radical (unpaired) electrons. The summed E-state index contributed by atoms with van der Waals surface area (Å²) >= 11 is 0. The Balaban J connectivity index is 1.49. The molecule has 0 aliphatic heterocycles. The highest BCUT2D eigenvalue weighted by molar-refractivity contribution is 5.92. The number of esters is 1. The van der Waals surface area contributed by atoms with E-state index >= 15 is 0 Å². The van der Waals surface area contributed by atoms with E-state index in [1.165, 1.54) is 32.2 Å². The fourth-order valence-electron chi connectivity index (χ4n) is 3.94. The van der Waals surface area contributed by atoms with Gasteiger partial charge in [-0.25, -0.2) is 9.97 Å². The minimum absolute atomic E-state index is 0.0223. The van der Waals surface area contributed by atoms with Gasteiger partial charge in [-0.1, -0.05) is 25.1 Å². The Bertz CT molecular complexity index is 1810. The SMILES string of the molecule is CCCC(=O)Oc1ccc(CC(=O)Nc2ccc(N=Nc3ccccc3OC)c(N)n2)cc1N=Nc1ccc(NC(C)=O)nc1N. The summed E-state index contributed by atoms with van der Waals surface area (Å²) in [4.78, 5) is 44.7. The van der Waals surface area contributed by atoms with Crippen molar-refractivity contribution in [1.82, 2.24) is 9.97 Å². The number of hydrogen-bond acceptors (Lipinski definition) is 13. The maximum Gasteiger partial charge on any atom is 0.311 e. The molecule has 0 aliphatic carbocycles. The number of carbonyl (C=O) groups excluding carboxylic acids is 3. The zero-order valence-electron chi connectivity index (χ0n) is 25.4. The van der Waals surface area contributed by atoms with Crippen LogP contribution in [-0.2, 0) is 20.8 Å². The van der Waals surface area contributed by atoms with Gasteiger partial charge >= 0.3 is 5.97 Å². The van der Waals surface area contributed by atoms with Crippen LogP contribution in [0.3, 0.4) is 0 Å². The molecular formula is C31H32N10O5. The van der Waals surface area contributed by atoms with Gasteiger partial charge in [0.15, 0.2) is 17.4 Å². The summed E-state index contributed by atoms with van der Waals surface area (Å²) in [5.74, 6) is 0.130. The Morgan fingerprint density at radius 1 is 0.761 bits per heavy atom. The Kier molecular flexibility index (Phi) is 11.0. The van der Waals surface area contributed by atoms with Gasteiger partial charge < -0.3 is 31.6 Å². The van der Waals surface area contributed by atoms with Crippen LogP contribution in [0.25, 0.3) is 0 Å². The summed E-state index contributed by atoms with van der Waals surface area (Å²) in [5.41, 5.74) is 13.8. The van der Waals surface area contributed by atoms with Crippen molar-refractivity contribution in [3.05, 3.63) is 72.3 Å². The quantitative estimate of drug-likeness (QED) is 0.0784. The first-order valence-corrected chi connectivity index (χ1v) is 14.1. The third-order valence-electron chi connectivity index (χ3n) is 6.06. The average molecular weight is 625 g/mol. The molecule has 4 rings (SSSR count). The lowest BCUT2D eigenvalue weighted by Crippen LogP contribution is -2.15. The Hall–Kier alpha value is -6.25. The predicted molar refractivity (Wildman–Crippen MR) is 172 cm³/mol. The normalized spacial score (nSPS) is 11.0. The molecule has 0 spiro atoms. The zero-order chi connectivity index (χ0) is 33.1. The van der Waals surface area contributed by atoms with Gasteiger partial charge in [0.05, 0.1) is 13.5 Å². The first-order valence-electron chi connectivity index (χ1n) is 14.1. The van der Waals surface area contributed by atoms with E-state index in [1.54, 1.807) is 42.5 Å². The van der Waals surface area contributed by atoms with Crippen LogP contribution >= 0.6 is 0 Å². The lowest BCUT2D eigenvalue weighted by atomic mass is 10.1. The van der Waals surface area contributed by atoms with Crippen molar-refractivity contribution in [3.63, 3.8) is 0 Å². The number of hydrogen-bond donors (Lipinski definition) is 4. The third-order valence-corrected chi connectivity index (χ3v) is 6.06. The zero-order valence-corrected chi connectivity index (χ0v) is 25.4. The molecule has 0 fully saturated rings. The van der Waals surface area contributed by atoms with Gasteiger partial charge in [0, 0.05) is 13.3 Å². The molecule has 2 heterocycles. The summed E-state index contributed by atoms with van der Waals surface area (Å²) in [7, 11) is 1.54. The number of carbonyl (C=O) groups is 3. The van der Waals surface area contributed by atoms with Crippen LogP contribution in [0, 0.1) is 0 Å². The Labute approximate surface area is 264 Å². The van der Waals surface area contributed by atoms with Crippen LogP contribution in [0.15, 0.2) is 87.2 Å².